The Morgan fingerprint density at radius 1 is 1.39 bits per heavy atom. The fourth-order valence-corrected chi connectivity index (χ4v) is 3.08. The molecule has 2 aromatic rings. The van der Waals surface area contributed by atoms with Crippen molar-refractivity contribution < 1.29 is 0 Å². The summed E-state index contributed by atoms with van der Waals surface area (Å²) < 4.78 is 2.64. The molecule has 3 nitrogen and oxygen atoms in total. The first-order valence-corrected chi connectivity index (χ1v) is 6.91. The van der Waals surface area contributed by atoms with Crippen LogP contribution in [0.25, 0.3) is 0 Å². The molecule has 1 unspecified atom stereocenters. The number of hydrogen-bond donors (Lipinski definition) is 1. The molecule has 18 heavy (non-hydrogen) atoms. The van der Waals surface area contributed by atoms with Gasteiger partial charge in [0.25, 0.3) is 0 Å². The highest BCUT2D eigenvalue weighted by atomic mass is 79.9. The molecule has 0 amide bonds. The van der Waals surface area contributed by atoms with Crippen molar-refractivity contribution in [3.05, 3.63) is 50.2 Å². The average Bonchev–Trinajstić information content (AvgIpc) is 2.64. The summed E-state index contributed by atoms with van der Waals surface area (Å²) in [5, 5.41) is 5.42. The van der Waals surface area contributed by atoms with Gasteiger partial charge in [-0.1, -0.05) is 29.3 Å². The minimum absolute atomic E-state index is 0.218. The number of nitrogens with zero attached hydrogens (tertiary/aromatic N) is 2. The van der Waals surface area contributed by atoms with Crippen molar-refractivity contribution in [1.29, 1.82) is 0 Å². The van der Waals surface area contributed by atoms with Crippen molar-refractivity contribution in [2.75, 3.05) is 0 Å². The number of benzene rings is 1. The van der Waals surface area contributed by atoms with Gasteiger partial charge in [-0.05, 0) is 40.0 Å². The molecule has 2 N–H and O–H groups in total. The Balaban J connectivity index is 2.30. The average molecular weight is 349 g/mol. The van der Waals surface area contributed by atoms with E-state index in [1.807, 2.05) is 25.2 Å². The lowest BCUT2D eigenvalue weighted by molar-refractivity contribution is 0.615. The van der Waals surface area contributed by atoms with E-state index < -0.39 is 0 Å². The zero-order valence-corrected chi connectivity index (χ0v) is 12.8. The zero-order chi connectivity index (χ0) is 13.3. The molecular weight excluding hydrogens is 337 g/mol. The summed E-state index contributed by atoms with van der Waals surface area (Å²) in [6, 6.07) is 5.23. The Bertz CT molecular complexity index is 529. The number of aryl methyl sites for hydroxylation is 1. The molecule has 0 saturated carbocycles. The zero-order valence-electron chi connectivity index (χ0n) is 9.70. The second-order valence-electron chi connectivity index (χ2n) is 4.01. The van der Waals surface area contributed by atoms with E-state index in [9.17, 15) is 0 Å². The molecule has 1 heterocycles. The van der Waals surface area contributed by atoms with Crippen LogP contribution in [0.2, 0.25) is 10.0 Å². The Morgan fingerprint density at radius 3 is 2.50 bits per heavy atom. The summed E-state index contributed by atoms with van der Waals surface area (Å²) in [7, 11) is 1.86. The molecule has 0 bridgehead atoms. The van der Waals surface area contributed by atoms with Gasteiger partial charge in [-0.3, -0.25) is 4.68 Å². The molecule has 0 aliphatic rings. The molecule has 2 rings (SSSR count). The van der Waals surface area contributed by atoms with Crippen molar-refractivity contribution in [2.24, 2.45) is 12.8 Å². The fraction of sp³-hybridized carbons (Fsp3) is 0.250. The summed E-state index contributed by atoms with van der Waals surface area (Å²) in [4.78, 5) is 0. The van der Waals surface area contributed by atoms with Gasteiger partial charge in [-0.2, -0.15) is 5.10 Å². The molecule has 1 aromatic carbocycles. The van der Waals surface area contributed by atoms with Crippen LogP contribution in [-0.2, 0) is 13.5 Å². The van der Waals surface area contributed by atoms with Crippen LogP contribution in [0.3, 0.4) is 0 Å². The summed E-state index contributed by atoms with van der Waals surface area (Å²) >= 11 is 15.7. The Labute approximate surface area is 124 Å². The Hall–Kier alpha value is -0.550. The lowest BCUT2D eigenvalue weighted by Crippen LogP contribution is -2.18. The van der Waals surface area contributed by atoms with Crippen LogP contribution >= 0.6 is 39.1 Å². The Kier molecular flexibility index (Phi) is 4.33. The lowest BCUT2D eigenvalue weighted by Gasteiger charge is -2.15. The van der Waals surface area contributed by atoms with Gasteiger partial charge in [-0.25, -0.2) is 0 Å². The van der Waals surface area contributed by atoms with Crippen molar-refractivity contribution in [2.45, 2.75) is 12.5 Å². The van der Waals surface area contributed by atoms with Crippen LogP contribution in [0.1, 0.15) is 17.3 Å². The van der Waals surface area contributed by atoms with Gasteiger partial charge in [0.2, 0.25) is 0 Å². The van der Waals surface area contributed by atoms with Gasteiger partial charge in [0.15, 0.2) is 0 Å². The molecule has 1 atom stereocenters. The van der Waals surface area contributed by atoms with Crippen molar-refractivity contribution >= 4 is 39.1 Å². The smallest absolute Gasteiger partial charge is 0.0693 e. The standard InChI is InChI=1S/C12H12BrCl2N3/c1-18-12(8(13)6-17-18)11(16)5-7-9(14)3-2-4-10(7)15/h2-4,6,11H,5,16H2,1H3. The SMILES string of the molecule is Cn1ncc(Br)c1C(N)Cc1c(Cl)cccc1Cl. The maximum Gasteiger partial charge on any atom is 0.0693 e. The van der Waals surface area contributed by atoms with E-state index in [1.54, 1.807) is 10.9 Å². The largest absolute Gasteiger partial charge is 0.322 e. The second kappa shape index (κ2) is 5.61. The van der Waals surface area contributed by atoms with E-state index in [2.05, 4.69) is 21.0 Å². The number of rotatable bonds is 3. The minimum Gasteiger partial charge on any atom is -0.322 e. The van der Waals surface area contributed by atoms with Gasteiger partial charge in [-0.15, -0.1) is 0 Å². The van der Waals surface area contributed by atoms with Crippen molar-refractivity contribution in [1.82, 2.24) is 9.78 Å². The summed E-state index contributed by atoms with van der Waals surface area (Å²) in [5.74, 6) is 0. The predicted molar refractivity (Wildman–Crippen MR) is 78.0 cm³/mol. The number of hydrogen-bond acceptors (Lipinski definition) is 2. The maximum atomic E-state index is 6.20. The van der Waals surface area contributed by atoms with Crippen LogP contribution in [0.4, 0.5) is 0 Å². The summed E-state index contributed by atoms with van der Waals surface area (Å²) in [6.45, 7) is 0. The van der Waals surface area contributed by atoms with E-state index in [4.69, 9.17) is 28.9 Å². The topological polar surface area (TPSA) is 43.8 Å². The van der Waals surface area contributed by atoms with E-state index in [0.717, 1.165) is 15.7 Å². The second-order valence-corrected chi connectivity index (χ2v) is 5.68. The number of halogens is 3. The van der Waals surface area contributed by atoms with E-state index >= 15 is 0 Å². The lowest BCUT2D eigenvalue weighted by atomic mass is 10.0. The molecule has 0 saturated heterocycles. The molecule has 0 radical (unpaired) electrons. The predicted octanol–water partition coefficient (Wildman–Crippen LogP) is 3.73. The maximum absolute atomic E-state index is 6.20. The summed E-state index contributed by atoms with van der Waals surface area (Å²) in [5.41, 5.74) is 7.99. The van der Waals surface area contributed by atoms with Crippen LogP contribution in [0.5, 0.6) is 0 Å². The highest BCUT2D eigenvalue weighted by Crippen LogP contribution is 2.30. The van der Waals surface area contributed by atoms with E-state index in [-0.39, 0.29) is 6.04 Å². The third-order valence-corrected chi connectivity index (χ3v) is 4.09. The highest BCUT2D eigenvalue weighted by Gasteiger charge is 2.18. The monoisotopic (exact) mass is 347 g/mol. The molecule has 96 valence electrons. The van der Waals surface area contributed by atoms with Gasteiger partial charge in [0.1, 0.15) is 0 Å². The Morgan fingerprint density at radius 2 is 2.00 bits per heavy atom. The van der Waals surface area contributed by atoms with Crippen molar-refractivity contribution in [3.8, 4) is 0 Å². The van der Waals surface area contributed by atoms with Crippen molar-refractivity contribution in [3.63, 3.8) is 0 Å². The van der Waals surface area contributed by atoms with Crippen LogP contribution in [0, 0.1) is 0 Å². The molecule has 0 aliphatic heterocycles. The quantitative estimate of drug-likeness (QED) is 0.918. The molecule has 0 aliphatic carbocycles. The van der Waals surface area contributed by atoms with Gasteiger partial charge >= 0.3 is 0 Å². The third-order valence-electron chi connectivity index (χ3n) is 2.77. The van der Waals surface area contributed by atoms with Gasteiger partial charge in [0.05, 0.1) is 22.4 Å². The molecule has 0 fully saturated rings. The first-order chi connectivity index (χ1) is 8.50. The highest BCUT2D eigenvalue weighted by molar-refractivity contribution is 9.10. The van der Waals surface area contributed by atoms with Crippen LogP contribution < -0.4 is 5.73 Å². The number of aromatic nitrogens is 2. The first-order valence-electron chi connectivity index (χ1n) is 5.36. The van der Waals surface area contributed by atoms with E-state index in [0.29, 0.717) is 16.5 Å². The molecule has 0 spiro atoms. The fourth-order valence-electron chi connectivity index (χ4n) is 1.88. The van der Waals surface area contributed by atoms with E-state index in [1.165, 1.54) is 0 Å². The van der Waals surface area contributed by atoms with Crippen LogP contribution in [-0.4, -0.2) is 9.78 Å². The first kappa shape index (κ1) is 13.9. The van der Waals surface area contributed by atoms with Gasteiger partial charge < -0.3 is 5.73 Å². The normalized spacial score (nSPS) is 12.7. The van der Waals surface area contributed by atoms with Crippen LogP contribution in [0.15, 0.2) is 28.9 Å². The minimum atomic E-state index is -0.218. The molecular formula is C12H12BrCl2N3. The molecule has 6 heteroatoms. The number of nitrogens with two attached hydrogens (primary N) is 1. The third kappa shape index (κ3) is 2.72. The summed E-state index contributed by atoms with van der Waals surface area (Å²) in [6.07, 6.45) is 2.29. The molecule has 1 aromatic heterocycles. The van der Waals surface area contributed by atoms with Gasteiger partial charge in [0, 0.05) is 17.1 Å².